The van der Waals surface area contributed by atoms with E-state index in [0.717, 1.165) is 10.7 Å². The van der Waals surface area contributed by atoms with Crippen molar-refractivity contribution in [1.29, 1.82) is 0 Å². The molecule has 0 spiro atoms. The Kier molecular flexibility index (Phi) is 7.26. The Morgan fingerprint density at radius 2 is 1.92 bits per heavy atom. The third kappa shape index (κ3) is 5.48. The maximum atomic E-state index is 13.3. The third-order valence-electron chi connectivity index (χ3n) is 4.96. The van der Waals surface area contributed by atoms with Gasteiger partial charge < -0.3 is 4.74 Å². The number of halogens is 3. The van der Waals surface area contributed by atoms with E-state index in [9.17, 15) is 14.9 Å². The molecule has 2 aromatic carbocycles. The summed E-state index contributed by atoms with van der Waals surface area (Å²) in [5.74, 6) is 0.923. The highest BCUT2D eigenvalue weighted by Gasteiger charge is 2.23. The summed E-state index contributed by atoms with van der Waals surface area (Å²) in [6.45, 7) is 5.87. The summed E-state index contributed by atoms with van der Waals surface area (Å²) in [6, 6.07) is 11.3. The minimum atomic E-state index is -0.548. The highest BCUT2D eigenvalue weighted by atomic mass is 79.9. The second-order valence-corrected chi connectivity index (χ2v) is 10.9. The van der Waals surface area contributed by atoms with Crippen molar-refractivity contribution < 1.29 is 9.66 Å². The summed E-state index contributed by atoms with van der Waals surface area (Å²) >= 11 is 13.3. The molecule has 4 aromatic rings. The van der Waals surface area contributed by atoms with E-state index in [4.69, 9.17) is 21.3 Å². The normalized spacial score (nSPS) is 11.8. The highest BCUT2D eigenvalue weighted by molar-refractivity contribution is 9.10. The second-order valence-electron chi connectivity index (χ2n) is 8.74. The summed E-state index contributed by atoms with van der Waals surface area (Å²) in [7, 11) is 0. The third-order valence-corrected chi connectivity index (χ3v) is 6.32. The molecule has 36 heavy (non-hydrogen) atoms. The fraction of sp³-hybridized carbons (Fsp3) is 0.167. The van der Waals surface area contributed by atoms with Crippen LogP contribution in [0.25, 0.3) is 10.9 Å². The average Bonchev–Trinajstić information content (AvgIpc) is 2.80. The molecule has 9 nitrogen and oxygen atoms in total. The molecule has 0 atom stereocenters. The number of hydrogen-bond donors (Lipinski definition) is 0. The van der Waals surface area contributed by atoms with Crippen LogP contribution >= 0.6 is 43.5 Å². The van der Waals surface area contributed by atoms with E-state index in [2.05, 4.69) is 41.9 Å². The lowest BCUT2D eigenvalue weighted by Crippen LogP contribution is -2.29. The first-order valence-corrected chi connectivity index (χ1v) is 12.4. The van der Waals surface area contributed by atoms with Crippen LogP contribution in [0.2, 0.25) is 5.02 Å². The number of fused-ring (bicyclic) bond motifs is 1. The number of aromatic nitrogens is 3. The van der Waals surface area contributed by atoms with Gasteiger partial charge >= 0.3 is 0 Å². The van der Waals surface area contributed by atoms with Gasteiger partial charge in [-0.1, -0.05) is 48.3 Å². The van der Waals surface area contributed by atoms with E-state index in [-0.39, 0.29) is 27.9 Å². The van der Waals surface area contributed by atoms with Crippen LogP contribution in [0.4, 0.5) is 5.69 Å². The summed E-state index contributed by atoms with van der Waals surface area (Å²) in [5.41, 5.74) is 0.283. The number of nitrogens with zero attached hydrogens (tertiary/aromatic N) is 5. The maximum Gasteiger partial charge on any atom is 0.287 e. The van der Waals surface area contributed by atoms with E-state index in [1.807, 2.05) is 26.8 Å². The summed E-state index contributed by atoms with van der Waals surface area (Å²) in [4.78, 5) is 32.2. The molecule has 0 saturated carbocycles. The zero-order valence-corrected chi connectivity index (χ0v) is 23.1. The Morgan fingerprint density at radius 1 is 1.17 bits per heavy atom. The zero-order chi connectivity index (χ0) is 26.2. The van der Waals surface area contributed by atoms with Crippen LogP contribution in [0.3, 0.4) is 0 Å². The standard InChI is InChI=1S/C24H18Br2ClN5O4/c1-24(2,3)23-30-19-6-4-14(25)10-16(19)22(33)31(23)29-11-13-8-17(26)21(18(27)9-13)36-20-7-5-15(12-28-20)32(34)35/h4-12H,1-3H3. The fourth-order valence-corrected chi connectivity index (χ4v) is 4.56. The first-order chi connectivity index (χ1) is 16.9. The van der Waals surface area contributed by atoms with Gasteiger partial charge in [0, 0.05) is 22.0 Å². The maximum absolute atomic E-state index is 13.3. The van der Waals surface area contributed by atoms with Gasteiger partial charge in [0.2, 0.25) is 5.88 Å². The first-order valence-electron chi connectivity index (χ1n) is 10.5. The van der Waals surface area contributed by atoms with E-state index >= 15 is 0 Å². The van der Waals surface area contributed by atoms with Crippen molar-refractivity contribution >= 4 is 66.3 Å². The summed E-state index contributed by atoms with van der Waals surface area (Å²) < 4.78 is 8.27. The van der Waals surface area contributed by atoms with Gasteiger partial charge in [0.15, 0.2) is 5.75 Å². The van der Waals surface area contributed by atoms with Crippen LogP contribution in [0.1, 0.15) is 32.2 Å². The number of benzene rings is 2. The van der Waals surface area contributed by atoms with Gasteiger partial charge in [-0.2, -0.15) is 9.78 Å². The smallest absolute Gasteiger partial charge is 0.287 e. The van der Waals surface area contributed by atoms with Gasteiger partial charge in [-0.25, -0.2) is 9.97 Å². The van der Waals surface area contributed by atoms with Gasteiger partial charge in [0.1, 0.15) is 12.0 Å². The van der Waals surface area contributed by atoms with Crippen molar-refractivity contribution in [3.05, 3.63) is 94.5 Å². The minimum absolute atomic E-state index is 0.138. The Balaban J connectivity index is 1.71. The molecule has 2 heterocycles. The first kappa shape index (κ1) is 25.9. The van der Waals surface area contributed by atoms with Crippen molar-refractivity contribution in [2.75, 3.05) is 0 Å². The van der Waals surface area contributed by atoms with Crippen LogP contribution in [0.5, 0.6) is 11.6 Å². The Morgan fingerprint density at radius 3 is 2.53 bits per heavy atom. The van der Waals surface area contributed by atoms with E-state index in [1.54, 1.807) is 24.3 Å². The molecule has 0 unspecified atom stereocenters. The molecule has 0 aliphatic heterocycles. The van der Waals surface area contributed by atoms with Gasteiger partial charge in [-0.15, -0.1) is 0 Å². The Hall–Kier alpha value is -3.15. The SMILES string of the molecule is CC(C)(C)c1nc2ccc(Br)cc2c(=O)n1N=Cc1cc(Cl)c(Oc2ccc([N+](=O)[O-])cn2)c(Br)c1. The topological polar surface area (TPSA) is 113 Å². The number of hydrogen-bond acceptors (Lipinski definition) is 7. The van der Waals surface area contributed by atoms with Crippen LogP contribution in [-0.2, 0) is 5.41 Å². The lowest BCUT2D eigenvalue weighted by molar-refractivity contribution is -0.385. The second kappa shape index (κ2) is 10.1. The van der Waals surface area contributed by atoms with Crippen molar-refractivity contribution in [3.8, 4) is 11.6 Å². The number of ether oxygens (including phenoxy) is 1. The molecule has 4 rings (SSSR count). The minimum Gasteiger partial charge on any atom is -0.436 e. The van der Waals surface area contributed by atoms with Crippen molar-refractivity contribution in [2.45, 2.75) is 26.2 Å². The van der Waals surface area contributed by atoms with Gasteiger partial charge in [0.05, 0.1) is 31.5 Å². The van der Waals surface area contributed by atoms with Crippen LogP contribution in [0, 0.1) is 10.1 Å². The molecule has 0 bridgehead atoms. The fourth-order valence-electron chi connectivity index (χ4n) is 3.26. The van der Waals surface area contributed by atoms with Crippen molar-refractivity contribution in [2.24, 2.45) is 5.10 Å². The molecule has 0 aliphatic rings. The molecule has 0 fully saturated rings. The lowest BCUT2D eigenvalue weighted by Gasteiger charge is -2.20. The summed E-state index contributed by atoms with van der Waals surface area (Å²) in [5, 5.41) is 15.9. The monoisotopic (exact) mass is 633 g/mol. The predicted molar refractivity (Wildman–Crippen MR) is 146 cm³/mol. The average molecular weight is 636 g/mol. The molecular weight excluding hydrogens is 618 g/mol. The molecule has 184 valence electrons. The number of rotatable bonds is 5. The molecule has 0 saturated heterocycles. The van der Waals surface area contributed by atoms with Gasteiger partial charge in [-0.3, -0.25) is 14.9 Å². The molecule has 12 heteroatoms. The lowest BCUT2D eigenvalue weighted by atomic mass is 9.95. The van der Waals surface area contributed by atoms with Crippen molar-refractivity contribution in [1.82, 2.24) is 14.6 Å². The van der Waals surface area contributed by atoms with E-state index in [1.165, 1.54) is 23.0 Å². The van der Waals surface area contributed by atoms with Crippen LogP contribution in [0.15, 0.2) is 67.5 Å². The molecule has 0 amide bonds. The van der Waals surface area contributed by atoms with E-state index < -0.39 is 10.3 Å². The van der Waals surface area contributed by atoms with Gasteiger partial charge in [0.25, 0.3) is 11.2 Å². The molecule has 0 N–H and O–H groups in total. The zero-order valence-electron chi connectivity index (χ0n) is 19.2. The highest BCUT2D eigenvalue weighted by Crippen LogP contribution is 2.37. The van der Waals surface area contributed by atoms with E-state index in [0.29, 0.717) is 26.8 Å². The molecular formula is C24H18Br2ClN5O4. The van der Waals surface area contributed by atoms with Crippen LogP contribution < -0.4 is 10.3 Å². The predicted octanol–water partition coefficient (Wildman–Crippen LogP) is 6.85. The van der Waals surface area contributed by atoms with Gasteiger partial charge in [-0.05, 0) is 51.8 Å². The quantitative estimate of drug-likeness (QED) is 0.135. The number of pyridine rings is 1. The molecule has 2 aromatic heterocycles. The Bertz CT molecular complexity index is 1560. The summed E-state index contributed by atoms with van der Waals surface area (Å²) in [6.07, 6.45) is 2.60. The molecule has 0 radical (unpaired) electrons. The Labute approximate surface area is 227 Å². The number of nitro groups is 1. The molecule has 0 aliphatic carbocycles. The largest absolute Gasteiger partial charge is 0.436 e. The van der Waals surface area contributed by atoms with Crippen molar-refractivity contribution in [3.63, 3.8) is 0 Å². The van der Waals surface area contributed by atoms with Crippen LogP contribution in [-0.4, -0.2) is 25.8 Å².